The van der Waals surface area contributed by atoms with Crippen molar-refractivity contribution in [3.63, 3.8) is 0 Å². The summed E-state index contributed by atoms with van der Waals surface area (Å²) >= 11 is 1.75. The van der Waals surface area contributed by atoms with Gasteiger partial charge in [-0.1, -0.05) is 13.0 Å². The van der Waals surface area contributed by atoms with Crippen molar-refractivity contribution in [1.82, 2.24) is 5.32 Å². The summed E-state index contributed by atoms with van der Waals surface area (Å²) in [7, 11) is 1.42. The Morgan fingerprint density at radius 2 is 2.10 bits per heavy atom. The van der Waals surface area contributed by atoms with Gasteiger partial charge in [-0.3, -0.25) is 4.79 Å². The Labute approximate surface area is 130 Å². The summed E-state index contributed by atoms with van der Waals surface area (Å²) in [5, 5.41) is 2.53. The normalized spacial score (nSPS) is 14.9. The van der Waals surface area contributed by atoms with Crippen molar-refractivity contribution >= 4 is 23.6 Å². The first kappa shape index (κ1) is 19.9. The minimum absolute atomic E-state index is 0.237. The number of hydrogen-bond acceptors (Lipinski definition) is 6. The summed E-state index contributed by atoms with van der Waals surface area (Å²) in [6.45, 7) is 7.51. The Morgan fingerprint density at radius 1 is 1.43 bits per heavy atom. The van der Waals surface area contributed by atoms with Gasteiger partial charge < -0.3 is 20.5 Å². The lowest BCUT2D eigenvalue weighted by atomic mass is 10.1. The van der Waals surface area contributed by atoms with Crippen LogP contribution in [0, 0.1) is 0 Å². The highest BCUT2D eigenvalue weighted by molar-refractivity contribution is 7.99. The van der Waals surface area contributed by atoms with Crippen molar-refractivity contribution in [1.29, 1.82) is 0 Å². The lowest BCUT2D eigenvalue weighted by molar-refractivity contribution is -0.147. The van der Waals surface area contributed by atoms with E-state index < -0.39 is 30.1 Å². The molecule has 3 unspecified atom stereocenters. The molecule has 0 saturated heterocycles. The number of esters is 1. The number of ether oxygens (including phenoxy) is 2. The number of carbonyl (C=O) groups excluding carboxylic acids is 2. The quantitative estimate of drug-likeness (QED) is 0.331. The molecule has 0 aliphatic carbocycles. The highest BCUT2D eigenvalue weighted by Crippen LogP contribution is 2.08. The van der Waals surface area contributed by atoms with Crippen LogP contribution in [0.15, 0.2) is 12.7 Å². The van der Waals surface area contributed by atoms with Gasteiger partial charge in [-0.15, -0.1) is 6.58 Å². The molecule has 0 fully saturated rings. The van der Waals surface area contributed by atoms with E-state index in [9.17, 15) is 9.59 Å². The largest absolute Gasteiger partial charge is 0.464 e. The topological polar surface area (TPSA) is 90.6 Å². The molecule has 122 valence electrons. The number of methoxy groups -OCH3 is 1. The summed E-state index contributed by atoms with van der Waals surface area (Å²) in [6, 6.07) is -1.32. The lowest BCUT2D eigenvalue weighted by Crippen LogP contribution is -2.52. The molecule has 7 heteroatoms. The third-order valence-corrected chi connectivity index (χ3v) is 3.71. The summed E-state index contributed by atoms with van der Waals surface area (Å²) in [5.41, 5.74) is 5.98. The van der Waals surface area contributed by atoms with Gasteiger partial charge >= 0.3 is 5.97 Å². The molecule has 0 aromatic heterocycles. The van der Waals surface area contributed by atoms with E-state index in [1.807, 2.05) is 0 Å². The molecule has 0 heterocycles. The molecule has 0 rings (SSSR count). The van der Waals surface area contributed by atoms with Crippen molar-refractivity contribution in [3.8, 4) is 0 Å². The monoisotopic (exact) mass is 318 g/mol. The number of nitrogens with one attached hydrogen (secondary N) is 1. The number of amides is 1. The zero-order valence-electron chi connectivity index (χ0n) is 13.0. The molecule has 1 amide bonds. The number of hydrogen-bond donors (Lipinski definition) is 2. The molecular formula is C14H26N2O4S. The first-order valence-electron chi connectivity index (χ1n) is 6.97. The van der Waals surface area contributed by atoms with Gasteiger partial charge in [0, 0.05) is 13.2 Å². The van der Waals surface area contributed by atoms with E-state index in [2.05, 4.69) is 18.8 Å². The van der Waals surface area contributed by atoms with Gasteiger partial charge in [0.1, 0.15) is 6.04 Å². The maximum absolute atomic E-state index is 12.1. The fourth-order valence-electron chi connectivity index (χ4n) is 1.67. The first-order chi connectivity index (χ1) is 10.0. The van der Waals surface area contributed by atoms with Crippen molar-refractivity contribution in [2.45, 2.75) is 38.5 Å². The second kappa shape index (κ2) is 11.6. The summed E-state index contributed by atoms with van der Waals surface area (Å²) in [4.78, 5) is 23.8. The van der Waals surface area contributed by atoms with Crippen LogP contribution in [0.3, 0.4) is 0 Å². The van der Waals surface area contributed by atoms with Crippen LogP contribution in [0.2, 0.25) is 0 Å². The highest BCUT2D eigenvalue weighted by Gasteiger charge is 2.28. The summed E-state index contributed by atoms with van der Waals surface area (Å²) < 4.78 is 10.0. The second-order valence-electron chi connectivity index (χ2n) is 4.28. The van der Waals surface area contributed by atoms with E-state index in [0.29, 0.717) is 6.42 Å². The zero-order valence-corrected chi connectivity index (χ0v) is 13.8. The van der Waals surface area contributed by atoms with Crippen LogP contribution in [0.1, 0.15) is 20.3 Å². The molecule has 0 aromatic carbocycles. The number of carbonyl (C=O) groups is 2. The molecule has 0 aromatic rings. The zero-order chi connectivity index (χ0) is 16.3. The van der Waals surface area contributed by atoms with Crippen molar-refractivity contribution in [2.24, 2.45) is 5.73 Å². The van der Waals surface area contributed by atoms with Crippen molar-refractivity contribution in [2.75, 3.05) is 25.2 Å². The van der Waals surface area contributed by atoms with E-state index in [-0.39, 0.29) is 6.61 Å². The average Bonchev–Trinajstić information content (AvgIpc) is 2.46. The Hall–Kier alpha value is -1.05. The molecular weight excluding hydrogens is 292 g/mol. The molecule has 21 heavy (non-hydrogen) atoms. The van der Waals surface area contributed by atoms with Gasteiger partial charge in [0.2, 0.25) is 0 Å². The van der Waals surface area contributed by atoms with Gasteiger partial charge in [0.15, 0.2) is 6.10 Å². The van der Waals surface area contributed by atoms with E-state index in [1.54, 1.807) is 18.7 Å². The fourth-order valence-corrected chi connectivity index (χ4v) is 2.40. The predicted molar refractivity (Wildman–Crippen MR) is 85.1 cm³/mol. The SMILES string of the molecule is C=CC(NC(=O)C(OC)C(N)CCSCC)C(=O)OCC. The molecule has 0 bridgehead atoms. The fraction of sp³-hybridized carbons (Fsp3) is 0.714. The molecule has 0 spiro atoms. The predicted octanol–water partition coefficient (Wildman–Crippen LogP) is 0.706. The molecule has 3 atom stereocenters. The summed E-state index contributed by atoms with van der Waals surface area (Å²) in [5.74, 6) is 0.862. The Morgan fingerprint density at radius 3 is 2.57 bits per heavy atom. The minimum Gasteiger partial charge on any atom is -0.464 e. The van der Waals surface area contributed by atoms with Crippen molar-refractivity contribution in [3.05, 3.63) is 12.7 Å². The standard InChI is InChI=1S/C14H26N2O4S/c1-5-11(14(18)20-6-2)16-13(17)12(19-4)10(15)8-9-21-7-3/h5,10-12H,1,6-9,15H2,2-4H3,(H,16,17). The molecule has 0 aliphatic heterocycles. The maximum Gasteiger partial charge on any atom is 0.332 e. The van der Waals surface area contributed by atoms with Crippen LogP contribution in [-0.4, -0.2) is 55.3 Å². The number of thioether (sulfide) groups is 1. The smallest absolute Gasteiger partial charge is 0.332 e. The third kappa shape index (κ3) is 7.50. The van der Waals surface area contributed by atoms with E-state index in [1.165, 1.54) is 13.2 Å². The molecule has 0 radical (unpaired) electrons. The van der Waals surface area contributed by atoms with Crippen molar-refractivity contribution < 1.29 is 19.1 Å². The third-order valence-electron chi connectivity index (χ3n) is 2.77. The number of nitrogens with two attached hydrogens (primary N) is 1. The van der Waals surface area contributed by atoms with Gasteiger partial charge in [-0.2, -0.15) is 11.8 Å². The summed E-state index contributed by atoms with van der Waals surface area (Å²) in [6.07, 6.45) is 1.17. The Bertz CT molecular complexity index is 339. The lowest BCUT2D eigenvalue weighted by Gasteiger charge is -2.23. The number of rotatable bonds is 11. The van der Waals surface area contributed by atoms with E-state index in [4.69, 9.17) is 15.2 Å². The first-order valence-corrected chi connectivity index (χ1v) is 8.12. The van der Waals surface area contributed by atoms with Crippen LogP contribution in [0.5, 0.6) is 0 Å². The minimum atomic E-state index is -0.896. The van der Waals surface area contributed by atoms with Gasteiger partial charge in [-0.05, 0) is 24.9 Å². The van der Waals surface area contributed by atoms with E-state index >= 15 is 0 Å². The average molecular weight is 318 g/mol. The van der Waals surface area contributed by atoms with Gasteiger partial charge in [0.25, 0.3) is 5.91 Å². The Balaban J connectivity index is 4.54. The van der Waals surface area contributed by atoms with Crippen LogP contribution < -0.4 is 11.1 Å². The molecule has 0 aliphatic rings. The van der Waals surface area contributed by atoms with Crippen LogP contribution in [-0.2, 0) is 19.1 Å². The van der Waals surface area contributed by atoms with Gasteiger partial charge in [0.05, 0.1) is 6.61 Å². The molecule has 0 saturated carbocycles. The van der Waals surface area contributed by atoms with Crippen LogP contribution in [0.25, 0.3) is 0 Å². The van der Waals surface area contributed by atoms with Crippen LogP contribution >= 0.6 is 11.8 Å². The molecule has 6 nitrogen and oxygen atoms in total. The highest BCUT2D eigenvalue weighted by atomic mass is 32.2. The van der Waals surface area contributed by atoms with Crippen LogP contribution in [0.4, 0.5) is 0 Å². The Kier molecular flexibility index (Phi) is 11.0. The second-order valence-corrected chi connectivity index (χ2v) is 5.67. The molecule has 3 N–H and O–H groups in total. The van der Waals surface area contributed by atoms with Gasteiger partial charge in [-0.25, -0.2) is 4.79 Å². The van der Waals surface area contributed by atoms with E-state index in [0.717, 1.165) is 11.5 Å². The maximum atomic E-state index is 12.1.